The molecule has 1 aliphatic heterocycles. The molecule has 0 bridgehead atoms. The molecule has 6 heteroatoms. The fraction of sp³-hybridized carbons (Fsp3) is 0.333. The molecular weight excluding hydrogens is 307 g/mol. The van der Waals surface area contributed by atoms with Crippen LogP contribution in [0.25, 0.3) is 0 Å². The number of benzene rings is 1. The van der Waals surface area contributed by atoms with Crippen molar-refractivity contribution in [1.82, 2.24) is 9.88 Å². The molecule has 5 nitrogen and oxygen atoms in total. The molecule has 3 N–H and O–H groups in total. The van der Waals surface area contributed by atoms with Crippen molar-refractivity contribution in [3.05, 3.63) is 54.0 Å². The van der Waals surface area contributed by atoms with E-state index in [1.54, 1.807) is 30.5 Å². The molecule has 0 saturated carbocycles. The lowest BCUT2D eigenvalue weighted by atomic mass is 10.00. The van der Waals surface area contributed by atoms with E-state index in [4.69, 9.17) is 5.73 Å². The minimum absolute atomic E-state index is 0.0385. The lowest BCUT2D eigenvalue weighted by molar-refractivity contribution is -0.122. The Hall–Kier alpha value is -2.47. The summed E-state index contributed by atoms with van der Waals surface area (Å²) in [4.78, 5) is 18.8. The summed E-state index contributed by atoms with van der Waals surface area (Å²) in [6, 6.07) is 9.65. The van der Waals surface area contributed by atoms with Crippen LogP contribution in [0, 0.1) is 5.82 Å². The third kappa shape index (κ3) is 4.08. The molecule has 1 atom stereocenters. The van der Waals surface area contributed by atoms with Crippen LogP contribution in [0.2, 0.25) is 0 Å². The van der Waals surface area contributed by atoms with Gasteiger partial charge in [-0.2, -0.15) is 0 Å². The fourth-order valence-corrected chi connectivity index (χ4v) is 3.01. The van der Waals surface area contributed by atoms with Gasteiger partial charge in [-0.05, 0) is 49.2 Å². The molecule has 1 aliphatic rings. The molecule has 1 unspecified atom stereocenters. The monoisotopic (exact) mass is 328 g/mol. The Kier molecular flexibility index (Phi) is 5.05. The van der Waals surface area contributed by atoms with Gasteiger partial charge in [0.15, 0.2) is 0 Å². The van der Waals surface area contributed by atoms with Gasteiger partial charge in [0.25, 0.3) is 0 Å². The number of amides is 1. The summed E-state index contributed by atoms with van der Waals surface area (Å²) in [7, 11) is 0. The zero-order valence-corrected chi connectivity index (χ0v) is 13.4. The van der Waals surface area contributed by atoms with Crippen molar-refractivity contribution >= 4 is 17.4 Å². The zero-order chi connectivity index (χ0) is 16.9. The highest BCUT2D eigenvalue weighted by Gasteiger charge is 2.28. The fourth-order valence-electron chi connectivity index (χ4n) is 3.01. The zero-order valence-electron chi connectivity index (χ0n) is 13.4. The number of halogens is 1. The van der Waals surface area contributed by atoms with Crippen molar-refractivity contribution in [3.8, 4) is 0 Å². The van der Waals surface area contributed by atoms with Crippen LogP contribution >= 0.6 is 0 Å². The Labute approximate surface area is 140 Å². The number of hydrogen-bond acceptors (Lipinski definition) is 4. The quantitative estimate of drug-likeness (QED) is 0.905. The second kappa shape index (κ2) is 7.40. The van der Waals surface area contributed by atoms with Gasteiger partial charge < -0.3 is 11.1 Å². The third-order valence-electron chi connectivity index (χ3n) is 4.27. The van der Waals surface area contributed by atoms with Crippen LogP contribution in [-0.2, 0) is 11.3 Å². The molecule has 24 heavy (non-hydrogen) atoms. The topological polar surface area (TPSA) is 71.2 Å². The largest absolute Gasteiger partial charge is 0.384 e. The molecule has 2 heterocycles. The number of piperidine rings is 1. The molecule has 1 aromatic heterocycles. The standard InChI is InChI=1S/C18H21FN4O/c19-14-6-4-13(5-7-14)12-23-10-2-1-3-16(23)18(24)22-15-8-9-17(20)21-11-15/h4-9,11,16H,1-3,10,12H2,(H2,20,21)(H,22,24). The highest BCUT2D eigenvalue weighted by Crippen LogP contribution is 2.21. The van der Waals surface area contributed by atoms with E-state index in [2.05, 4.69) is 15.2 Å². The van der Waals surface area contributed by atoms with Gasteiger partial charge in [0.05, 0.1) is 17.9 Å². The van der Waals surface area contributed by atoms with Crippen molar-refractivity contribution < 1.29 is 9.18 Å². The first kappa shape index (κ1) is 16.4. The summed E-state index contributed by atoms with van der Waals surface area (Å²) in [6.45, 7) is 1.49. The van der Waals surface area contributed by atoms with Crippen LogP contribution in [0.15, 0.2) is 42.6 Å². The number of carbonyl (C=O) groups is 1. The summed E-state index contributed by atoms with van der Waals surface area (Å²) in [5, 5.41) is 2.91. The number of nitrogen functional groups attached to an aromatic ring is 1. The van der Waals surface area contributed by atoms with Crippen molar-refractivity contribution in [2.24, 2.45) is 0 Å². The number of nitrogens with zero attached hydrogens (tertiary/aromatic N) is 2. The molecule has 3 rings (SSSR count). The Morgan fingerprint density at radius 1 is 1.25 bits per heavy atom. The number of nitrogens with two attached hydrogens (primary N) is 1. The van der Waals surface area contributed by atoms with Crippen LogP contribution < -0.4 is 11.1 Å². The smallest absolute Gasteiger partial charge is 0.241 e. The van der Waals surface area contributed by atoms with Gasteiger partial charge in [-0.25, -0.2) is 9.37 Å². The minimum Gasteiger partial charge on any atom is -0.384 e. The molecule has 0 aliphatic carbocycles. The maximum Gasteiger partial charge on any atom is 0.241 e. The number of anilines is 2. The number of nitrogens with one attached hydrogen (secondary N) is 1. The van der Waals surface area contributed by atoms with E-state index in [9.17, 15) is 9.18 Å². The van der Waals surface area contributed by atoms with E-state index in [1.807, 2.05) is 0 Å². The lowest BCUT2D eigenvalue weighted by Gasteiger charge is -2.34. The molecule has 2 aromatic rings. The highest BCUT2D eigenvalue weighted by atomic mass is 19.1. The number of pyridine rings is 1. The number of carbonyl (C=O) groups excluding carboxylic acids is 1. The SMILES string of the molecule is Nc1ccc(NC(=O)C2CCCCN2Cc2ccc(F)cc2)cn1. The molecule has 1 fully saturated rings. The van der Waals surface area contributed by atoms with Crippen molar-refractivity contribution in [3.63, 3.8) is 0 Å². The van der Waals surface area contributed by atoms with Crippen LogP contribution in [-0.4, -0.2) is 28.4 Å². The number of likely N-dealkylation sites (tertiary alicyclic amines) is 1. The van der Waals surface area contributed by atoms with Gasteiger partial charge >= 0.3 is 0 Å². The van der Waals surface area contributed by atoms with Crippen molar-refractivity contribution in [2.45, 2.75) is 31.8 Å². The number of rotatable bonds is 4. The molecule has 0 radical (unpaired) electrons. The summed E-state index contributed by atoms with van der Waals surface area (Å²) in [5.41, 5.74) is 7.21. The van der Waals surface area contributed by atoms with E-state index >= 15 is 0 Å². The maximum absolute atomic E-state index is 13.0. The summed E-state index contributed by atoms with van der Waals surface area (Å²) < 4.78 is 13.0. The van der Waals surface area contributed by atoms with E-state index in [0.717, 1.165) is 31.4 Å². The summed E-state index contributed by atoms with van der Waals surface area (Å²) >= 11 is 0. The first-order chi connectivity index (χ1) is 11.6. The molecular formula is C18H21FN4O. The van der Waals surface area contributed by atoms with Crippen LogP contribution in [0.1, 0.15) is 24.8 Å². The number of aromatic nitrogens is 1. The normalized spacial score (nSPS) is 18.3. The van der Waals surface area contributed by atoms with Gasteiger partial charge in [0.2, 0.25) is 5.91 Å². The molecule has 1 aromatic carbocycles. The lowest BCUT2D eigenvalue weighted by Crippen LogP contribution is -2.46. The van der Waals surface area contributed by atoms with Crippen LogP contribution in [0.4, 0.5) is 15.9 Å². The van der Waals surface area contributed by atoms with Gasteiger partial charge in [0.1, 0.15) is 11.6 Å². The summed E-state index contributed by atoms with van der Waals surface area (Å²) in [6.07, 6.45) is 4.46. The van der Waals surface area contributed by atoms with Crippen LogP contribution in [0.3, 0.4) is 0 Å². The number of hydrogen-bond donors (Lipinski definition) is 2. The average Bonchev–Trinajstić information content (AvgIpc) is 2.59. The Balaban J connectivity index is 1.67. The third-order valence-corrected chi connectivity index (χ3v) is 4.27. The van der Waals surface area contributed by atoms with Gasteiger partial charge in [-0.1, -0.05) is 18.6 Å². The second-order valence-electron chi connectivity index (χ2n) is 6.07. The Bertz CT molecular complexity index is 687. The van der Waals surface area contributed by atoms with Crippen molar-refractivity contribution in [2.75, 3.05) is 17.6 Å². The molecule has 0 spiro atoms. The van der Waals surface area contributed by atoms with Gasteiger partial charge in [-0.15, -0.1) is 0 Å². The highest BCUT2D eigenvalue weighted by molar-refractivity contribution is 5.94. The minimum atomic E-state index is -0.248. The maximum atomic E-state index is 13.0. The van der Waals surface area contributed by atoms with Crippen LogP contribution in [0.5, 0.6) is 0 Å². The van der Waals surface area contributed by atoms with Gasteiger partial charge in [-0.3, -0.25) is 9.69 Å². The van der Waals surface area contributed by atoms with E-state index in [0.29, 0.717) is 18.1 Å². The summed E-state index contributed by atoms with van der Waals surface area (Å²) in [5.74, 6) is 0.134. The van der Waals surface area contributed by atoms with E-state index < -0.39 is 0 Å². The predicted octanol–water partition coefficient (Wildman–Crippen LogP) is 2.80. The Morgan fingerprint density at radius 3 is 2.75 bits per heavy atom. The molecule has 1 saturated heterocycles. The predicted molar refractivity (Wildman–Crippen MR) is 91.7 cm³/mol. The first-order valence-electron chi connectivity index (χ1n) is 8.13. The Morgan fingerprint density at radius 2 is 2.04 bits per heavy atom. The van der Waals surface area contributed by atoms with E-state index in [1.165, 1.54) is 12.1 Å². The first-order valence-corrected chi connectivity index (χ1v) is 8.13. The van der Waals surface area contributed by atoms with Gasteiger partial charge in [0, 0.05) is 6.54 Å². The van der Waals surface area contributed by atoms with Crippen molar-refractivity contribution in [1.29, 1.82) is 0 Å². The second-order valence-corrected chi connectivity index (χ2v) is 6.07. The van der Waals surface area contributed by atoms with E-state index in [-0.39, 0.29) is 17.8 Å². The average molecular weight is 328 g/mol. The molecule has 126 valence electrons. The molecule has 1 amide bonds.